The van der Waals surface area contributed by atoms with Crippen LogP contribution in [0.5, 0.6) is 0 Å². The zero-order valence-corrected chi connectivity index (χ0v) is 13.8. The zero-order chi connectivity index (χ0) is 18.4. The van der Waals surface area contributed by atoms with Gasteiger partial charge in [-0.1, -0.05) is 17.7 Å². The second kappa shape index (κ2) is 6.14. The molecule has 132 valence electrons. The lowest BCUT2D eigenvalue weighted by molar-refractivity contribution is 0.572. The number of halogens is 3. The number of nitrogens with zero attached hydrogens (tertiary/aromatic N) is 2. The van der Waals surface area contributed by atoms with Gasteiger partial charge in [-0.15, -0.1) is 10.2 Å². The summed E-state index contributed by atoms with van der Waals surface area (Å²) in [7, 11) is 0. The molecular weight excluding hydrogens is 366 g/mol. The first-order valence-corrected chi connectivity index (χ1v) is 8.12. The maximum atomic E-state index is 14.0. The van der Waals surface area contributed by atoms with Crippen LogP contribution in [0.1, 0.15) is 29.4 Å². The van der Waals surface area contributed by atoms with Gasteiger partial charge in [-0.25, -0.2) is 13.6 Å². The maximum Gasteiger partial charge on any atom is 0.325 e. The standard InChI is InChI=1S/C17H11ClF2N4O2/c18-15-11(10-4-9(10)8-2-1-7(19)3-13(8)20)5-14(23-24-15)12-6-21-17(26)22-16(12)25/h1-3,5-6,9-10H,4H2,(H2,21,22,25,26)/t9-,10+/m1/s1. The minimum absolute atomic E-state index is 0.112. The summed E-state index contributed by atoms with van der Waals surface area (Å²) in [6.07, 6.45) is 1.86. The largest absolute Gasteiger partial charge is 0.325 e. The molecule has 0 bridgehead atoms. The third-order valence-electron chi connectivity index (χ3n) is 4.42. The van der Waals surface area contributed by atoms with Crippen molar-refractivity contribution in [2.45, 2.75) is 18.3 Å². The summed E-state index contributed by atoms with van der Waals surface area (Å²) in [5.74, 6) is -1.50. The minimum Gasteiger partial charge on any atom is -0.313 e. The Balaban J connectivity index is 1.70. The van der Waals surface area contributed by atoms with Crippen molar-refractivity contribution in [3.05, 3.63) is 79.2 Å². The molecule has 9 heteroatoms. The Morgan fingerprint density at radius 3 is 2.58 bits per heavy atom. The number of hydrogen-bond acceptors (Lipinski definition) is 4. The first-order valence-electron chi connectivity index (χ1n) is 7.74. The van der Waals surface area contributed by atoms with E-state index in [0.29, 0.717) is 17.5 Å². The summed E-state index contributed by atoms with van der Waals surface area (Å²) in [4.78, 5) is 27.5. The number of nitrogens with one attached hydrogen (secondary N) is 2. The second-order valence-electron chi connectivity index (χ2n) is 6.08. The molecule has 2 N–H and O–H groups in total. The molecule has 0 aliphatic heterocycles. The molecule has 6 nitrogen and oxygen atoms in total. The van der Waals surface area contributed by atoms with Crippen molar-refractivity contribution < 1.29 is 8.78 Å². The van der Waals surface area contributed by atoms with Gasteiger partial charge in [0.25, 0.3) is 5.56 Å². The molecule has 1 aliphatic rings. The fraction of sp³-hybridized carbons (Fsp3) is 0.176. The van der Waals surface area contributed by atoms with E-state index >= 15 is 0 Å². The lowest BCUT2D eigenvalue weighted by Crippen LogP contribution is -2.23. The molecule has 0 spiro atoms. The van der Waals surface area contributed by atoms with Crippen molar-refractivity contribution >= 4 is 11.6 Å². The summed E-state index contributed by atoms with van der Waals surface area (Å²) < 4.78 is 27.1. The maximum absolute atomic E-state index is 14.0. The molecular formula is C17H11ClF2N4O2. The van der Waals surface area contributed by atoms with Gasteiger partial charge in [0.1, 0.15) is 17.3 Å². The van der Waals surface area contributed by atoms with Crippen LogP contribution < -0.4 is 11.2 Å². The van der Waals surface area contributed by atoms with Gasteiger partial charge in [0.15, 0.2) is 5.15 Å². The molecule has 1 aliphatic carbocycles. The Kier molecular flexibility index (Phi) is 3.91. The van der Waals surface area contributed by atoms with Crippen molar-refractivity contribution in [2.75, 3.05) is 0 Å². The Labute approximate surface area is 149 Å². The predicted molar refractivity (Wildman–Crippen MR) is 90.2 cm³/mol. The zero-order valence-electron chi connectivity index (χ0n) is 13.1. The average Bonchev–Trinajstić information content (AvgIpc) is 3.36. The summed E-state index contributed by atoms with van der Waals surface area (Å²) in [6, 6.07) is 5.09. The van der Waals surface area contributed by atoms with Crippen LogP contribution in [0.15, 0.2) is 40.1 Å². The molecule has 3 aromatic rings. The summed E-state index contributed by atoms with van der Waals surface area (Å²) in [6.45, 7) is 0. The molecule has 0 amide bonds. The third-order valence-corrected chi connectivity index (χ3v) is 4.72. The molecule has 0 unspecified atom stereocenters. The quantitative estimate of drug-likeness (QED) is 0.735. The summed E-state index contributed by atoms with van der Waals surface area (Å²) in [5.41, 5.74) is 0.180. The van der Waals surface area contributed by atoms with Gasteiger partial charge in [0.05, 0.1) is 5.56 Å². The van der Waals surface area contributed by atoms with Gasteiger partial charge in [-0.2, -0.15) is 0 Å². The Morgan fingerprint density at radius 2 is 1.85 bits per heavy atom. The van der Waals surface area contributed by atoms with Gasteiger partial charge >= 0.3 is 5.69 Å². The number of H-pyrrole nitrogens is 2. The Hall–Kier alpha value is -2.87. The van der Waals surface area contributed by atoms with Gasteiger partial charge < -0.3 is 4.98 Å². The van der Waals surface area contributed by atoms with Crippen LogP contribution in [-0.2, 0) is 0 Å². The highest BCUT2D eigenvalue weighted by atomic mass is 35.5. The van der Waals surface area contributed by atoms with E-state index in [9.17, 15) is 18.4 Å². The molecule has 2 aromatic heterocycles. The van der Waals surface area contributed by atoms with Crippen molar-refractivity contribution in [1.82, 2.24) is 20.2 Å². The van der Waals surface area contributed by atoms with Crippen molar-refractivity contribution in [3.8, 4) is 11.3 Å². The molecule has 26 heavy (non-hydrogen) atoms. The van der Waals surface area contributed by atoms with Crippen LogP contribution in [0.25, 0.3) is 11.3 Å². The molecule has 2 heterocycles. The van der Waals surface area contributed by atoms with E-state index in [-0.39, 0.29) is 28.2 Å². The highest BCUT2D eigenvalue weighted by Gasteiger charge is 2.42. The lowest BCUT2D eigenvalue weighted by atomic mass is 10.0. The first-order chi connectivity index (χ1) is 12.4. The van der Waals surface area contributed by atoms with E-state index in [1.54, 1.807) is 6.07 Å². The van der Waals surface area contributed by atoms with Gasteiger partial charge in [-0.05, 0) is 41.5 Å². The lowest BCUT2D eigenvalue weighted by Gasteiger charge is -2.06. The van der Waals surface area contributed by atoms with Crippen LogP contribution in [-0.4, -0.2) is 20.2 Å². The average molecular weight is 377 g/mol. The topological polar surface area (TPSA) is 91.5 Å². The SMILES string of the molecule is O=c1[nH]cc(-c2cc([C@H]3C[C@@H]3c3ccc(F)cc3F)c(Cl)nn2)c(=O)[nH]1. The predicted octanol–water partition coefficient (Wildman–Crippen LogP) is 2.72. The third kappa shape index (κ3) is 2.92. The van der Waals surface area contributed by atoms with Crippen molar-refractivity contribution in [3.63, 3.8) is 0 Å². The van der Waals surface area contributed by atoms with Crippen LogP contribution in [0, 0.1) is 11.6 Å². The smallest absolute Gasteiger partial charge is 0.313 e. The van der Waals surface area contributed by atoms with Crippen LogP contribution in [0.4, 0.5) is 8.78 Å². The summed E-state index contributed by atoms with van der Waals surface area (Å²) in [5, 5.41) is 7.91. The molecule has 2 atom stereocenters. The van der Waals surface area contributed by atoms with E-state index in [0.717, 1.165) is 6.07 Å². The van der Waals surface area contributed by atoms with E-state index in [1.165, 1.54) is 18.3 Å². The summed E-state index contributed by atoms with van der Waals surface area (Å²) >= 11 is 6.13. The number of hydrogen-bond donors (Lipinski definition) is 2. The van der Waals surface area contributed by atoms with Gasteiger partial charge in [0, 0.05) is 12.3 Å². The number of aromatic nitrogens is 4. The number of rotatable bonds is 3. The highest BCUT2D eigenvalue weighted by molar-refractivity contribution is 6.30. The fourth-order valence-corrected chi connectivity index (χ4v) is 3.30. The van der Waals surface area contributed by atoms with Crippen LogP contribution in [0.2, 0.25) is 5.15 Å². The highest BCUT2D eigenvalue weighted by Crippen LogP contribution is 2.56. The number of benzene rings is 1. The second-order valence-corrected chi connectivity index (χ2v) is 6.43. The van der Waals surface area contributed by atoms with Crippen molar-refractivity contribution in [1.29, 1.82) is 0 Å². The minimum atomic E-state index is -0.633. The fourth-order valence-electron chi connectivity index (χ4n) is 3.07. The first kappa shape index (κ1) is 16.6. The van der Waals surface area contributed by atoms with E-state index < -0.39 is 22.9 Å². The van der Waals surface area contributed by atoms with E-state index in [2.05, 4.69) is 20.2 Å². The molecule has 0 saturated heterocycles. The molecule has 1 saturated carbocycles. The molecule has 1 fully saturated rings. The van der Waals surface area contributed by atoms with Gasteiger partial charge in [0.2, 0.25) is 0 Å². The molecule has 1 aromatic carbocycles. The monoisotopic (exact) mass is 376 g/mol. The van der Waals surface area contributed by atoms with Crippen LogP contribution >= 0.6 is 11.6 Å². The Morgan fingerprint density at radius 1 is 1.08 bits per heavy atom. The number of aromatic amines is 2. The molecule has 0 radical (unpaired) electrons. The van der Waals surface area contributed by atoms with Crippen LogP contribution in [0.3, 0.4) is 0 Å². The molecule has 4 rings (SSSR count). The normalized spacial score (nSPS) is 18.7. The Bertz CT molecular complexity index is 1130. The van der Waals surface area contributed by atoms with Gasteiger partial charge in [-0.3, -0.25) is 9.78 Å². The van der Waals surface area contributed by atoms with E-state index in [4.69, 9.17) is 11.6 Å². The van der Waals surface area contributed by atoms with E-state index in [1.807, 2.05) is 0 Å². The van der Waals surface area contributed by atoms with Crippen molar-refractivity contribution in [2.24, 2.45) is 0 Å².